The third-order valence-electron chi connectivity index (χ3n) is 1.12. The lowest BCUT2D eigenvalue weighted by Gasteiger charge is -2.05. The maximum absolute atomic E-state index is 12.0. The fourth-order valence-corrected chi connectivity index (χ4v) is 1.10. The molecule has 1 heterocycles. The van der Waals surface area contributed by atoms with Crippen molar-refractivity contribution in [2.24, 2.45) is 0 Å². The maximum atomic E-state index is 12.0. The molecule has 0 fully saturated rings. The van der Waals surface area contributed by atoms with Crippen LogP contribution in [0.5, 0.6) is 0 Å². The van der Waals surface area contributed by atoms with Gasteiger partial charge in [0.1, 0.15) is 5.69 Å². The topological polar surface area (TPSA) is 32.9 Å². The lowest BCUT2D eigenvalue weighted by molar-refractivity contribution is -0.141. The van der Waals surface area contributed by atoms with Crippen LogP contribution in [-0.2, 0) is 6.18 Å². The molecule has 0 aliphatic rings. The molecule has 1 N–H and O–H groups in total. The van der Waals surface area contributed by atoms with Crippen molar-refractivity contribution >= 4 is 15.9 Å². The molecule has 0 saturated carbocycles. The first-order valence-electron chi connectivity index (χ1n) is 2.86. The minimum Gasteiger partial charge on any atom is -0.346 e. The zero-order valence-electron chi connectivity index (χ0n) is 5.57. The van der Waals surface area contributed by atoms with E-state index in [1.807, 2.05) is 4.98 Å². The summed E-state index contributed by atoms with van der Waals surface area (Å²) in [7, 11) is 0. The van der Waals surface area contributed by atoms with Crippen molar-refractivity contribution in [3.05, 3.63) is 32.7 Å². The van der Waals surface area contributed by atoms with Gasteiger partial charge in [0.25, 0.3) is 0 Å². The molecule has 0 spiro atoms. The van der Waals surface area contributed by atoms with Gasteiger partial charge in [0.05, 0.1) is 4.60 Å². The van der Waals surface area contributed by atoms with Crippen molar-refractivity contribution in [2.45, 2.75) is 6.18 Å². The number of H-pyrrole nitrogens is 1. The lowest BCUT2D eigenvalue weighted by Crippen LogP contribution is -2.12. The van der Waals surface area contributed by atoms with Crippen molar-refractivity contribution in [3.63, 3.8) is 0 Å². The average molecular weight is 242 g/mol. The highest BCUT2D eigenvalue weighted by molar-refractivity contribution is 9.10. The zero-order valence-corrected chi connectivity index (χ0v) is 7.16. The second-order valence-electron chi connectivity index (χ2n) is 2.08. The van der Waals surface area contributed by atoms with E-state index in [9.17, 15) is 18.0 Å². The first-order chi connectivity index (χ1) is 5.39. The van der Waals surface area contributed by atoms with Crippen LogP contribution in [0.25, 0.3) is 0 Å². The summed E-state index contributed by atoms with van der Waals surface area (Å²) in [5.41, 5.74) is -1.74. The van der Waals surface area contributed by atoms with Gasteiger partial charge in [-0.15, -0.1) is 0 Å². The predicted octanol–water partition coefficient (Wildman–Crippen LogP) is 2.16. The molecule has 12 heavy (non-hydrogen) atoms. The predicted molar refractivity (Wildman–Crippen MR) is 39.8 cm³/mol. The molecule has 0 amide bonds. The number of hydrogen-bond donors (Lipinski definition) is 1. The van der Waals surface area contributed by atoms with Gasteiger partial charge >= 0.3 is 6.18 Å². The van der Waals surface area contributed by atoms with Gasteiger partial charge in [-0.3, -0.25) is 4.79 Å². The Kier molecular flexibility index (Phi) is 2.27. The van der Waals surface area contributed by atoms with E-state index in [0.717, 1.165) is 6.07 Å². The fraction of sp³-hybridized carbons (Fsp3) is 0.167. The molecule has 1 aromatic heterocycles. The van der Waals surface area contributed by atoms with Crippen molar-refractivity contribution in [3.8, 4) is 0 Å². The van der Waals surface area contributed by atoms with Crippen LogP contribution in [-0.4, -0.2) is 4.98 Å². The Balaban J connectivity index is 3.27. The normalized spacial score (nSPS) is 11.7. The number of alkyl halides is 3. The van der Waals surface area contributed by atoms with E-state index < -0.39 is 17.3 Å². The minimum atomic E-state index is -4.51. The van der Waals surface area contributed by atoms with Crippen LogP contribution in [0.15, 0.2) is 21.5 Å². The van der Waals surface area contributed by atoms with Crippen LogP contribution < -0.4 is 5.43 Å². The Bertz CT molecular complexity index is 343. The summed E-state index contributed by atoms with van der Waals surface area (Å²) in [4.78, 5) is 12.6. The Hall–Kier alpha value is -0.780. The Morgan fingerprint density at radius 2 is 1.92 bits per heavy atom. The Morgan fingerprint density at radius 3 is 2.33 bits per heavy atom. The molecule has 6 heteroatoms. The Morgan fingerprint density at radius 1 is 1.33 bits per heavy atom. The van der Waals surface area contributed by atoms with Crippen LogP contribution in [0.2, 0.25) is 0 Å². The minimum absolute atomic E-state index is 0.0160. The SMILES string of the molecule is O=c1cc(Br)[nH]c(C(F)(F)F)c1. The molecule has 0 aromatic carbocycles. The van der Waals surface area contributed by atoms with Gasteiger partial charge in [-0.2, -0.15) is 13.2 Å². The molecule has 1 aromatic rings. The van der Waals surface area contributed by atoms with Gasteiger partial charge in [0.2, 0.25) is 0 Å². The summed E-state index contributed by atoms with van der Waals surface area (Å²) >= 11 is 2.75. The van der Waals surface area contributed by atoms with Gasteiger partial charge < -0.3 is 4.98 Å². The molecule has 2 nitrogen and oxygen atoms in total. The number of halogens is 4. The summed E-state index contributed by atoms with van der Waals surface area (Å²) in [6.07, 6.45) is -4.51. The van der Waals surface area contributed by atoms with Gasteiger partial charge in [-0.1, -0.05) is 0 Å². The van der Waals surface area contributed by atoms with Crippen molar-refractivity contribution < 1.29 is 13.2 Å². The third-order valence-corrected chi connectivity index (χ3v) is 1.54. The summed E-state index contributed by atoms with van der Waals surface area (Å²) in [6, 6.07) is 1.53. The van der Waals surface area contributed by atoms with E-state index in [2.05, 4.69) is 15.9 Å². The van der Waals surface area contributed by atoms with Crippen molar-refractivity contribution in [2.75, 3.05) is 0 Å². The van der Waals surface area contributed by atoms with Crippen molar-refractivity contribution in [1.29, 1.82) is 0 Å². The summed E-state index contributed by atoms with van der Waals surface area (Å²) in [5.74, 6) is 0. The maximum Gasteiger partial charge on any atom is 0.431 e. The fourth-order valence-electron chi connectivity index (χ4n) is 0.662. The molecular formula is C6H3BrF3NO. The molecule has 0 radical (unpaired) electrons. The van der Waals surface area contributed by atoms with Crippen LogP contribution in [0.4, 0.5) is 13.2 Å². The highest BCUT2D eigenvalue weighted by Crippen LogP contribution is 2.27. The zero-order chi connectivity index (χ0) is 9.35. The van der Waals surface area contributed by atoms with E-state index in [1.165, 1.54) is 0 Å². The molecule has 0 saturated heterocycles. The molecular weight excluding hydrogens is 239 g/mol. The van der Waals surface area contributed by atoms with E-state index in [0.29, 0.717) is 6.07 Å². The van der Waals surface area contributed by atoms with Crippen LogP contribution in [0, 0.1) is 0 Å². The number of pyridine rings is 1. The second kappa shape index (κ2) is 2.93. The first-order valence-corrected chi connectivity index (χ1v) is 3.66. The van der Waals surface area contributed by atoms with Crippen LogP contribution in [0.3, 0.4) is 0 Å². The van der Waals surface area contributed by atoms with Gasteiger partial charge in [-0.25, -0.2) is 0 Å². The van der Waals surface area contributed by atoms with Gasteiger partial charge in [0, 0.05) is 12.1 Å². The number of aromatic nitrogens is 1. The average Bonchev–Trinajstić information content (AvgIpc) is 1.82. The van der Waals surface area contributed by atoms with E-state index in [1.54, 1.807) is 0 Å². The molecule has 0 aliphatic heterocycles. The first kappa shape index (κ1) is 9.31. The van der Waals surface area contributed by atoms with Crippen LogP contribution in [0.1, 0.15) is 5.69 Å². The van der Waals surface area contributed by atoms with Gasteiger partial charge in [0.15, 0.2) is 5.43 Å². The molecule has 0 atom stereocenters. The van der Waals surface area contributed by atoms with Crippen LogP contribution >= 0.6 is 15.9 Å². The standard InChI is InChI=1S/C6H3BrF3NO/c7-5-2-3(12)1-4(11-5)6(8,9)10/h1-2H,(H,11,12). The van der Waals surface area contributed by atoms with E-state index in [-0.39, 0.29) is 4.60 Å². The van der Waals surface area contributed by atoms with Gasteiger partial charge in [-0.05, 0) is 15.9 Å². The second-order valence-corrected chi connectivity index (χ2v) is 2.93. The number of hydrogen-bond acceptors (Lipinski definition) is 1. The molecule has 0 unspecified atom stereocenters. The van der Waals surface area contributed by atoms with E-state index in [4.69, 9.17) is 0 Å². The lowest BCUT2D eigenvalue weighted by atomic mass is 10.3. The summed E-state index contributed by atoms with van der Waals surface area (Å²) in [6.45, 7) is 0. The summed E-state index contributed by atoms with van der Waals surface area (Å²) in [5, 5.41) is 0. The highest BCUT2D eigenvalue weighted by Gasteiger charge is 2.31. The summed E-state index contributed by atoms with van der Waals surface area (Å²) < 4.78 is 35.9. The molecule has 1 rings (SSSR count). The monoisotopic (exact) mass is 241 g/mol. The smallest absolute Gasteiger partial charge is 0.346 e. The number of nitrogens with one attached hydrogen (secondary N) is 1. The highest BCUT2D eigenvalue weighted by atomic mass is 79.9. The largest absolute Gasteiger partial charge is 0.431 e. The third kappa shape index (κ3) is 2.10. The number of aromatic amines is 1. The quantitative estimate of drug-likeness (QED) is 0.694. The van der Waals surface area contributed by atoms with Crippen molar-refractivity contribution in [1.82, 2.24) is 4.98 Å². The Labute approximate surface area is 73.5 Å². The number of rotatable bonds is 0. The molecule has 0 aliphatic carbocycles. The van der Waals surface area contributed by atoms with E-state index >= 15 is 0 Å². The molecule has 0 bridgehead atoms. The molecule has 66 valence electrons.